The Balaban J connectivity index is 2.00. The predicted octanol–water partition coefficient (Wildman–Crippen LogP) is 2.31. The van der Waals surface area contributed by atoms with Gasteiger partial charge in [-0.25, -0.2) is 9.36 Å². The smallest absolute Gasteiger partial charge is 0.424 e. The molecule has 0 saturated carbocycles. The van der Waals surface area contributed by atoms with Gasteiger partial charge < -0.3 is 13.9 Å². The van der Waals surface area contributed by atoms with Crippen molar-refractivity contribution in [2.45, 2.75) is 0 Å². The van der Waals surface area contributed by atoms with Crippen LogP contribution in [0.2, 0.25) is 0 Å². The fraction of sp³-hybridized carbons (Fsp3) is 0.0714. The van der Waals surface area contributed by atoms with E-state index in [1.807, 2.05) is 18.2 Å². The van der Waals surface area contributed by atoms with Crippen molar-refractivity contribution < 1.29 is 13.9 Å². The molecule has 0 saturated heterocycles. The molecule has 0 atom stereocenters. The van der Waals surface area contributed by atoms with E-state index in [-0.39, 0.29) is 6.79 Å². The summed E-state index contributed by atoms with van der Waals surface area (Å²) in [6.45, 7) is 0.208. The van der Waals surface area contributed by atoms with Crippen LogP contribution in [0.15, 0.2) is 51.7 Å². The molecule has 0 radical (unpaired) electrons. The van der Waals surface area contributed by atoms with E-state index < -0.39 is 5.76 Å². The normalized spacial score (nSPS) is 13.1. The fourth-order valence-corrected chi connectivity index (χ4v) is 2.24. The van der Waals surface area contributed by atoms with Crippen LogP contribution in [-0.4, -0.2) is 11.4 Å². The van der Waals surface area contributed by atoms with Crippen LogP contribution in [0.25, 0.3) is 16.8 Å². The molecule has 2 heterocycles. The molecule has 0 N–H and O–H groups in total. The number of hydrogen-bond acceptors (Lipinski definition) is 4. The fourth-order valence-electron chi connectivity index (χ4n) is 2.24. The third-order valence-electron chi connectivity index (χ3n) is 3.10. The first-order valence-corrected chi connectivity index (χ1v) is 5.83. The molecule has 0 bridgehead atoms. The largest absolute Gasteiger partial charge is 0.454 e. The first kappa shape index (κ1) is 10.3. The van der Waals surface area contributed by atoms with Crippen molar-refractivity contribution in [3.8, 4) is 17.2 Å². The quantitative estimate of drug-likeness (QED) is 0.669. The van der Waals surface area contributed by atoms with Crippen LogP contribution in [0.3, 0.4) is 0 Å². The van der Waals surface area contributed by atoms with Crippen LogP contribution in [0.1, 0.15) is 0 Å². The Kier molecular flexibility index (Phi) is 1.97. The molecule has 19 heavy (non-hydrogen) atoms. The van der Waals surface area contributed by atoms with Gasteiger partial charge in [-0.15, -0.1) is 0 Å². The summed E-state index contributed by atoms with van der Waals surface area (Å²) in [5.74, 6) is 0.902. The second-order valence-electron chi connectivity index (χ2n) is 4.21. The van der Waals surface area contributed by atoms with Crippen molar-refractivity contribution in [2.24, 2.45) is 0 Å². The number of para-hydroxylation sites is 2. The monoisotopic (exact) mass is 255 g/mol. The third kappa shape index (κ3) is 1.45. The molecule has 4 rings (SSSR count). The zero-order chi connectivity index (χ0) is 12.8. The number of rotatable bonds is 1. The van der Waals surface area contributed by atoms with Gasteiger partial charge in [0.15, 0.2) is 17.1 Å². The van der Waals surface area contributed by atoms with E-state index in [1.165, 1.54) is 4.57 Å². The Labute approximate surface area is 107 Å². The highest BCUT2D eigenvalue weighted by Crippen LogP contribution is 2.34. The molecular weight excluding hydrogens is 246 g/mol. The molecule has 2 aromatic carbocycles. The minimum absolute atomic E-state index is 0.208. The molecule has 1 aromatic heterocycles. The lowest BCUT2D eigenvalue weighted by molar-refractivity contribution is 0.174. The lowest BCUT2D eigenvalue weighted by Crippen LogP contribution is -2.11. The summed E-state index contributed by atoms with van der Waals surface area (Å²) in [5.41, 5.74) is 1.98. The summed E-state index contributed by atoms with van der Waals surface area (Å²) in [4.78, 5) is 12.0. The molecule has 3 aromatic rings. The molecule has 0 aliphatic carbocycles. The van der Waals surface area contributed by atoms with Crippen molar-refractivity contribution in [1.82, 2.24) is 4.57 Å². The third-order valence-corrected chi connectivity index (χ3v) is 3.10. The predicted molar refractivity (Wildman–Crippen MR) is 67.9 cm³/mol. The van der Waals surface area contributed by atoms with E-state index in [4.69, 9.17) is 13.9 Å². The van der Waals surface area contributed by atoms with Crippen molar-refractivity contribution >= 4 is 11.1 Å². The van der Waals surface area contributed by atoms with Gasteiger partial charge in [-0.2, -0.15) is 0 Å². The Morgan fingerprint density at radius 2 is 1.84 bits per heavy atom. The van der Waals surface area contributed by atoms with E-state index in [2.05, 4.69) is 0 Å². The van der Waals surface area contributed by atoms with E-state index in [9.17, 15) is 4.79 Å². The molecule has 0 spiro atoms. The summed E-state index contributed by atoms with van der Waals surface area (Å²) >= 11 is 0. The van der Waals surface area contributed by atoms with Crippen LogP contribution in [0.5, 0.6) is 11.5 Å². The lowest BCUT2D eigenvalue weighted by Gasteiger charge is -2.03. The highest BCUT2D eigenvalue weighted by molar-refractivity contribution is 5.75. The van der Waals surface area contributed by atoms with Gasteiger partial charge in [0.05, 0.1) is 11.2 Å². The van der Waals surface area contributed by atoms with Crippen molar-refractivity contribution in [3.05, 3.63) is 53.0 Å². The minimum atomic E-state index is -0.417. The Hall–Kier alpha value is -2.69. The Bertz CT molecular complexity index is 831. The van der Waals surface area contributed by atoms with Gasteiger partial charge in [0.25, 0.3) is 0 Å². The second kappa shape index (κ2) is 3.65. The number of oxazole rings is 1. The van der Waals surface area contributed by atoms with Gasteiger partial charge in [-0.05, 0) is 24.3 Å². The van der Waals surface area contributed by atoms with Crippen LogP contribution in [0.4, 0.5) is 0 Å². The highest BCUT2D eigenvalue weighted by atomic mass is 16.7. The van der Waals surface area contributed by atoms with Crippen LogP contribution < -0.4 is 15.2 Å². The highest BCUT2D eigenvalue weighted by Gasteiger charge is 2.16. The average Bonchev–Trinajstić information content (AvgIpc) is 3.00. The molecular formula is C14H9NO4. The van der Waals surface area contributed by atoms with Gasteiger partial charge >= 0.3 is 5.76 Å². The average molecular weight is 255 g/mol. The maximum Gasteiger partial charge on any atom is 0.424 e. The van der Waals surface area contributed by atoms with Crippen LogP contribution >= 0.6 is 0 Å². The standard InChI is InChI=1S/C14H9NO4/c16-14-15(10-3-1-2-4-11(10)19-14)9-5-6-12-13(7-9)18-8-17-12/h1-7H,8H2. The van der Waals surface area contributed by atoms with Crippen molar-refractivity contribution in [3.63, 3.8) is 0 Å². The number of ether oxygens (including phenoxy) is 2. The maximum atomic E-state index is 12.0. The summed E-state index contributed by atoms with van der Waals surface area (Å²) in [6.07, 6.45) is 0. The van der Waals surface area contributed by atoms with Gasteiger partial charge in [0.1, 0.15) is 0 Å². The Morgan fingerprint density at radius 1 is 1.00 bits per heavy atom. The van der Waals surface area contributed by atoms with Gasteiger partial charge in [-0.1, -0.05) is 12.1 Å². The van der Waals surface area contributed by atoms with E-state index in [0.29, 0.717) is 22.8 Å². The zero-order valence-corrected chi connectivity index (χ0v) is 9.83. The SMILES string of the molecule is O=c1oc2ccccc2n1-c1ccc2c(c1)OCO2. The first-order valence-electron chi connectivity index (χ1n) is 5.83. The zero-order valence-electron chi connectivity index (χ0n) is 9.83. The molecule has 94 valence electrons. The topological polar surface area (TPSA) is 53.6 Å². The maximum absolute atomic E-state index is 12.0. The van der Waals surface area contributed by atoms with E-state index in [1.54, 1.807) is 24.3 Å². The number of fused-ring (bicyclic) bond motifs is 2. The van der Waals surface area contributed by atoms with E-state index in [0.717, 1.165) is 5.52 Å². The molecule has 0 amide bonds. The number of aromatic nitrogens is 1. The molecule has 1 aliphatic heterocycles. The molecule has 1 aliphatic rings. The Morgan fingerprint density at radius 3 is 2.79 bits per heavy atom. The van der Waals surface area contributed by atoms with Crippen molar-refractivity contribution in [1.29, 1.82) is 0 Å². The first-order chi connectivity index (χ1) is 9.33. The molecule has 0 fully saturated rings. The number of hydrogen-bond donors (Lipinski definition) is 0. The molecule has 5 heteroatoms. The lowest BCUT2D eigenvalue weighted by atomic mass is 10.2. The van der Waals surface area contributed by atoms with Crippen LogP contribution in [-0.2, 0) is 0 Å². The number of nitrogens with zero attached hydrogens (tertiary/aromatic N) is 1. The van der Waals surface area contributed by atoms with E-state index >= 15 is 0 Å². The summed E-state index contributed by atoms with van der Waals surface area (Å²) in [6, 6.07) is 12.6. The second-order valence-corrected chi connectivity index (χ2v) is 4.21. The molecule has 0 unspecified atom stereocenters. The van der Waals surface area contributed by atoms with Gasteiger partial charge in [0, 0.05) is 6.07 Å². The molecule has 5 nitrogen and oxygen atoms in total. The van der Waals surface area contributed by atoms with Gasteiger partial charge in [-0.3, -0.25) is 0 Å². The van der Waals surface area contributed by atoms with Gasteiger partial charge in [0.2, 0.25) is 6.79 Å². The minimum Gasteiger partial charge on any atom is -0.454 e. The summed E-state index contributed by atoms with van der Waals surface area (Å²) in [7, 11) is 0. The number of benzene rings is 2. The summed E-state index contributed by atoms with van der Waals surface area (Å²) in [5, 5.41) is 0. The summed E-state index contributed by atoms with van der Waals surface area (Å²) < 4.78 is 17.3. The van der Waals surface area contributed by atoms with Crippen LogP contribution in [0, 0.1) is 0 Å². The van der Waals surface area contributed by atoms with Crippen molar-refractivity contribution in [2.75, 3.05) is 6.79 Å².